The van der Waals surface area contributed by atoms with E-state index in [0.717, 1.165) is 6.07 Å². The molecular formula is C9H9F3N2O2. The van der Waals surface area contributed by atoms with Gasteiger partial charge in [-0.15, -0.1) is 0 Å². The summed E-state index contributed by atoms with van der Waals surface area (Å²) in [6.45, 7) is -0.362. The molecule has 0 atom stereocenters. The van der Waals surface area contributed by atoms with E-state index < -0.39 is 30.2 Å². The molecule has 0 aliphatic rings. The Labute approximate surface area is 88.9 Å². The Kier molecular flexibility index (Phi) is 3.83. The second-order valence-corrected chi connectivity index (χ2v) is 3.04. The lowest BCUT2D eigenvalue weighted by molar-refractivity contribution is -0.136. The number of hydrogen-bond donors (Lipinski definition) is 2. The largest absolute Gasteiger partial charge is 0.481 e. The fourth-order valence-corrected chi connectivity index (χ4v) is 1.20. The number of rotatable bonds is 4. The monoisotopic (exact) mass is 234 g/mol. The van der Waals surface area contributed by atoms with Crippen molar-refractivity contribution in [3.8, 4) is 0 Å². The Morgan fingerprint density at radius 3 is 2.62 bits per heavy atom. The van der Waals surface area contributed by atoms with E-state index in [2.05, 4.69) is 4.98 Å². The number of carbonyl (C=O) groups is 1. The van der Waals surface area contributed by atoms with Crippen LogP contribution in [0, 0.1) is 5.82 Å². The lowest BCUT2D eigenvalue weighted by Crippen LogP contribution is -2.11. The van der Waals surface area contributed by atoms with E-state index in [1.807, 2.05) is 0 Å². The van der Waals surface area contributed by atoms with Crippen molar-refractivity contribution in [1.82, 2.24) is 4.98 Å². The lowest BCUT2D eigenvalue weighted by Gasteiger charge is -2.08. The normalized spacial score (nSPS) is 10.8. The van der Waals surface area contributed by atoms with Gasteiger partial charge in [0, 0.05) is 6.54 Å². The van der Waals surface area contributed by atoms with Crippen LogP contribution >= 0.6 is 0 Å². The van der Waals surface area contributed by atoms with E-state index in [0.29, 0.717) is 0 Å². The van der Waals surface area contributed by atoms with Gasteiger partial charge in [-0.2, -0.15) is 0 Å². The maximum Gasteiger partial charge on any atom is 0.309 e. The minimum atomic E-state index is -3.03. The molecule has 0 fully saturated rings. The molecule has 1 heterocycles. The van der Waals surface area contributed by atoms with Gasteiger partial charge in [0.15, 0.2) is 5.82 Å². The van der Waals surface area contributed by atoms with Gasteiger partial charge < -0.3 is 10.8 Å². The number of aliphatic carboxylic acids is 1. The number of halogens is 3. The quantitative estimate of drug-likeness (QED) is 0.821. The standard InChI is InChI=1S/C9H9F3N2O2/c10-8-5(9(11)12)1-4(2-7(15)16)14-6(8)3-13/h1,9H,2-3,13H2,(H,15,16). The molecule has 0 unspecified atom stereocenters. The maximum atomic E-state index is 13.3. The summed E-state index contributed by atoms with van der Waals surface area (Å²) in [5.41, 5.74) is 3.77. The fraction of sp³-hybridized carbons (Fsp3) is 0.333. The predicted octanol–water partition coefficient (Wildman–Crippen LogP) is 1.24. The van der Waals surface area contributed by atoms with Crippen LogP contribution < -0.4 is 5.73 Å². The number of hydrogen-bond acceptors (Lipinski definition) is 3. The molecule has 1 aromatic rings. The van der Waals surface area contributed by atoms with Gasteiger partial charge in [-0.25, -0.2) is 13.2 Å². The summed E-state index contributed by atoms with van der Waals surface area (Å²) in [6, 6.07) is 0.743. The van der Waals surface area contributed by atoms with E-state index >= 15 is 0 Å². The first-order chi connectivity index (χ1) is 7.45. The molecule has 0 aromatic carbocycles. The number of alkyl halides is 2. The number of pyridine rings is 1. The van der Waals surface area contributed by atoms with Crippen molar-refractivity contribution in [2.75, 3.05) is 0 Å². The Balaban J connectivity index is 3.22. The van der Waals surface area contributed by atoms with Gasteiger partial charge in [-0.3, -0.25) is 9.78 Å². The van der Waals surface area contributed by atoms with E-state index in [1.54, 1.807) is 0 Å². The third-order valence-electron chi connectivity index (χ3n) is 1.87. The van der Waals surface area contributed by atoms with Crippen LogP contribution in [0.3, 0.4) is 0 Å². The number of aromatic nitrogens is 1. The molecule has 16 heavy (non-hydrogen) atoms. The minimum Gasteiger partial charge on any atom is -0.481 e. The van der Waals surface area contributed by atoms with Crippen molar-refractivity contribution in [3.05, 3.63) is 28.8 Å². The summed E-state index contributed by atoms with van der Waals surface area (Å²) < 4.78 is 38.1. The Bertz CT molecular complexity index is 410. The second-order valence-electron chi connectivity index (χ2n) is 3.04. The fourth-order valence-electron chi connectivity index (χ4n) is 1.20. The molecule has 0 bridgehead atoms. The third-order valence-corrected chi connectivity index (χ3v) is 1.87. The third kappa shape index (κ3) is 2.69. The molecule has 0 radical (unpaired) electrons. The zero-order valence-corrected chi connectivity index (χ0v) is 8.08. The molecule has 0 spiro atoms. The maximum absolute atomic E-state index is 13.3. The van der Waals surface area contributed by atoms with Crippen LogP contribution in [0.4, 0.5) is 13.2 Å². The van der Waals surface area contributed by atoms with Crippen LogP contribution in [-0.4, -0.2) is 16.1 Å². The van der Waals surface area contributed by atoms with Crippen molar-refractivity contribution >= 4 is 5.97 Å². The van der Waals surface area contributed by atoms with Gasteiger partial charge in [0.1, 0.15) is 0 Å². The molecule has 0 aliphatic carbocycles. The molecular weight excluding hydrogens is 225 g/mol. The van der Waals surface area contributed by atoms with Gasteiger partial charge in [0.05, 0.1) is 23.4 Å². The van der Waals surface area contributed by atoms with Gasteiger partial charge in [0.2, 0.25) is 0 Å². The highest BCUT2D eigenvalue weighted by Gasteiger charge is 2.19. The summed E-state index contributed by atoms with van der Waals surface area (Å²) in [5, 5.41) is 8.48. The minimum absolute atomic E-state index is 0.135. The zero-order valence-electron chi connectivity index (χ0n) is 8.08. The van der Waals surface area contributed by atoms with Crippen molar-refractivity contribution in [1.29, 1.82) is 0 Å². The summed E-state index contributed by atoms with van der Waals surface area (Å²) in [7, 11) is 0. The molecule has 0 saturated carbocycles. The molecule has 3 N–H and O–H groups in total. The Hall–Kier alpha value is -1.63. The van der Waals surface area contributed by atoms with Crippen molar-refractivity contribution in [3.63, 3.8) is 0 Å². The van der Waals surface area contributed by atoms with Gasteiger partial charge in [-0.1, -0.05) is 0 Å². The van der Waals surface area contributed by atoms with Crippen molar-refractivity contribution in [2.24, 2.45) is 5.73 Å². The smallest absolute Gasteiger partial charge is 0.309 e. The van der Waals surface area contributed by atoms with Gasteiger partial charge in [0.25, 0.3) is 6.43 Å². The van der Waals surface area contributed by atoms with Crippen molar-refractivity contribution in [2.45, 2.75) is 19.4 Å². The zero-order chi connectivity index (χ0) is 12.3. The Morgan fingerprint density at radius 2 is 2.19 bits per heavy atom. The Morgan fingerprint density at radius 1 is 1.56 bits per heavy atom. The average Bonchev–Trinajstić information content (AvgIpc) is 2.19. The van der Waals surface area contributed by atoms with Crippen LogP contribution in [0.1, 0.15) is 23.4 Å². The second kappa shape index (κ2) is 4.93. The topological polar surface area (TPSA) is 76.2 Å². The molecule has 88 valence electrons. The van der Waals surface area contributed by atoms with E-state index in [1.165, 1.54) is 0 Å². The number of nitrogens with two attached hydrogens (primary N) is 1. The summed E-state index contributed by atoms with van der Waals surface area (Å²) in [5.74, 6) is -2.41. The molecule has 1 aromatic heterocycles. The number of carboxylic acid groups (broad SMARTS) is 1. The van der Waals surface area contributed by atoms with Crippen LogP contribution in [0.15, 0.2) is 6.07 Å². The van der Waals surface area contributed by atoms with E-state index in [4.69, 9.17) is 10.8 Å². The summed E-state index contributed by atoms with van der Waals surface area (Å²) in [6.07, 6.45) is -3.58. The van der Waals surface area contributed by atoms with Crippen LogP contribution in [-0.2, 0) is 17.8 Å². The van der Waals surface area contributed by atoms with Crippen LogP contribution in [0.25, 0.3) is 0 Å². The van der Waals surface area contributed by atoms with Crippen LogP contribution in [0.5, 0.6) is 0 Å². The molecule has 1 rings (SSSR count). The molecule has 7 heteroatoms. The molecule has 0 saturated heterocycles. The van der Waals surface area contributed by atoms with Gasteiger partial charge >= 0.3 is 5.97 Å². The summed E-state index contributed by atoms with van der Waals surface area (Å²) >= 11 is 0. The lowest BCUT2D eigenvalue weighted by atomic mass is 10.1. The number of nitrogens with zero attached hydrogens (tertiary/aromatic N) is 1. The highest BCUT2D eigenvalue weighted by Crippen LogP contribution is 2.24. The predicted molar refractivity (Wildman–Crippen MR) is 48.4 cm³/mol. The van der Waals surface area contributed by atoms with Crippen LogP contribution in [0.2, 0.25) is 0 Å². The average molecular weight is 234 g/mol. The highest BCUT2D eigenvalue weighted by atomic mass is 19.3. The first-order valence-corrected chi connectivity index (χ1v) is 4.34. The van der Waals surface area contributed by atoms with E-state index in [-0.39, 0.29) is 17.9 Å². The summed E-state index contributed by atoms with van der Waals surface area (Å²) in [4.78, 5) is 13.9. The molecule has 0 amide bonds. The first-order valence-electron chi connectivity index (χ1n) is 4.34. The molecule has 4 nitrogen and oxygen atoms in total. The number of carboxylic acids is 1. The van der Waals surface area contributed by atoms with Gasteiger partial charge in [-0.05, 0) is 6.07 Å². The van der Waals surface area contributed by atoms with Crippen molar-refractivity contribution < 1.29 is 23.1 Å². The molecule has 0 aliphatic heterocycles. The first kappa shape index (κ1) is 12.4. The SMILES string of the molecule is NCc1nc(CC(=O)O)cc(C(F)F)c1F. The van der Waals surface area contributed by atoms with E-state index in [9.17, 15) is 18.0 Å². The highest BCUT2D eigenvalue weighted by molar-refractivity contribution is 5.69.